The van der Waals surface area contributed by atoms with Gasteiger partial charge in [0.05, 0.1) is 18.1 Å². The fourth-order valence-electron chi connectivity index (χ4n) is 2.12. The number of hydrogen-bond donors (Lipinski definition) is 2. The van der Waals surface area contributed by atoms with E-state index in [4.69, 9.17) is 0 Å². The predicted molar refractivity (Wildman–Crippen MR) is 81.5 cm³/mol. The number of aromatic nitrogens is 3. The fourth-order valence-corrected chi connectivity index (χ4v) is 2.12. The average Bonchev–Trinajstić information content (AvgIpc) is 3.04. The third kappa shape index (κ3) is 2.86. The Balaban J connectivity index is 1.70. The van der Waals surface area contributed by atoms with Gasteiger partial charge in [-0.3, -0.25) is 0 Å². The normalized spacial score (nSPS) is 10.5. The van der Waals surface area contributed by atoms with E-state index in [0.717, 1.165) is 22.5 Å². The lowest BCUT2D eigenvalue weighted by Gasteiger charge is -2.10. The van der Waals surface area contributed by atoms with Gasteiger partial charge in [0, 0.05) is 17.8 Å². The lowest BCUT2D eigenvalue weighted by atomic mass is 10.1. The van der Waals surface area contributed by atoms with Gasteiger partial charge in [-0.2, -0.15) is 15.0 Å². The van der Waals surface area contributed by atoms with Gasteiger partial charge >= 0.3 is 0 Å². The zero-order valence-corrected chi connectivity index (χ0v) is 11.7. The van der Waals surface area contributed by atoms with Gasteiger partial charge in [-0.25, -0.2) is 0 Å². The van der Waals surface area contributed by atoms with Crippen molar-refractivity contribution < 1.29 is 5.11 Å². The molecule has 0 radical (unpaired) electrons. The second kappa shape index (κ2) is 5.66. The van der Waals surface area contributed by atoms with Crippen molar-refractivity contribution in [2.75, 3.05) is 5.32 Å². The number of para-hydroxylation sites is 1. The van der Waals surface area contributed by atoms with Gasteiger partial charge in [0.25, 0.3) is 0 Å². The van der Waals surface area contributed by atoms with Gasteiger partial charge in [0.2, 0.25) is 0 Å². The molecule has 0 atom stereocenters. The Bertz CT molecular complexity index is 721. The van der Waals surface area contributed by atoms with Crippen molar-refractivity contribution in [3.8, 4) is 11.4 Å². The molecule has 0 aliphatic heterocycles. The molecule has 1 heterocycles. The molecule has 0 spiro atoms. The van der Waals surface area contributed by atoms with Crippen LogP contribution in [-0.4, -0.2) is 20.1 Å². The third-order valence-electron chi connectivity index (χ3n) is 3.32. The maximum absolute atomic E-state index is 9.98. The Morgan fingerprint density at radius 2 is 1.76 bits per heavy atom. The number of nitrogens with zero attached hydrogens (tertiary/aromatic N) is 3. The molecule has 3 aromatic rings. The van der Waals surface area contributed by atoms with Crippen LogP contribution < -0.4 is 5.32 Å². The van der Waals surface area contributed by atoms with E-state index in [1.54, 1.807) is 17.2 Å². The van der Waals surface area contributed by atoms with Crippen molar-refractivity contribution in [3.05, 3.63) is 66.0 Å². The molecule has 0 aliphatic rings. The summed E-state index contributed by atoms with van der Waals surface area (Å²) in [7, 11) is 0. The Morgan fingerprint density at radius 1 is 1.05 bits per heavy atom. The minimum atomic E-state index is 0.349. The Kier molecular flexibility index (Phi) is 3.55. The van der Waals surface area contributed by atoms with Crippen molar-refractivity contribution in [2.45, 2.75) is 13.5 Å². The summed E-state index contributed by atoms with van der Waals surface area (Å²) in [6, 6.07) is 13.6. The van der Waals surface area contributed by atoms with Crippen LogP contribution in [0.3, 0.4) is 0 Å². The van der Waals surface area contributed by atoms with Crippen LogP contribution >= 0.6 is 0 Å². The molecule has 0 saturated heterocycles. The van der Waals surface area contributed by atoms with Crippen LogP contribution in [0, 0.1) is 6.92 Å². The number of anilines is 1. The summed E-state index contributed by atoms with van der Waals surface area (Å²) in [6.45, 7) is 2.47. The quantitative estimate of drug-likeness (QED) is 0.771. The molecule has 0 unspecified atom stereocenters. The second-order valence-corrected chi connectivity index (χ2v) is 4.80. The molecule has 0 saturated carbocycles. The van der Waals surface area contributed by atoms with Crippen LogP contribution in [0.2, 0.25) is 0 Å². The SMILES string of the molecule is Cc1cccc(CNc2ccc(-n3nccn3)cc2)c1O. The molecule has 2 aromatic carbocycles. The summed E-state index contributed by atoms with van der Waals surface area (Å²) in [5, 5.41) is 21.4. The van der Waals surface area contributed by atoms with E-state index in [0.29, 0.717) is 12.3 Å². The van der Waals surface area contributed by atoms with E-state index < -0.39 is 0 Å². The smallest absolute Gasteiger partial charge is 0.123 e. The molecule has 0 fully saturated rings. The molecule has 0 amide bonds. The van der Waals surface area contributed by atoms with Crippen molar-refractivity contribution >= 4 is 5.69 Å². The Hall–Kier alpha value is -2.82. The summed E-state index contributed by atoms with van der Waals surface area (Å²) in [6.07, 6.45) is 3.29. The molecular weight excluding hydrogens is 264 g/mol. The maximum atomic E-state index is 9.98. The topological polar surface area (TPSA) is 63.0 Å². The summed E-state index contributed by atoms with van der Waals surface area (Å²) in [5.41, 5.74) is 3.65. The zero-order chi connectivity index (χ0) is 14.7. The van der Waals surface area contributed by atoms with E-state index in [2.05, 4.69) is 15.5 Å². The van der Waals surface area contributed by atoms with Crippen molar-refractivity contribution in [2.24, 2.45) is 0 Å². The van der Waals surface area contributed by atoms with Gasteiger partial charge in [0.15, 0.2) is 0 Å². The number of hydrogen-bond acceptors (Lipinski definition) is 4. The number of benzene rings is 2. The van der Waals surface area contributed by atoms with Gasteiger partial charge in [-0.15, -0.1) is 0 Å². The fraction of sp³-hybridized carbons (Fsp3) is 0.125. The van der Waals surface area contributed by atoms with E-state index >= 15 is 0 Å². The number of phenolic OH excluding ortho intramolecular Hbond substituents is 1. The third-order valence-corrected chi connectivity index (χ3v) is 3.32. The van der Waals surface area contributed by atoms with E-state index in [-0.39, 0.29) is 0 Å². The van der Waals surface area contributed by atoms with Crippen molar-refractivity contribution in [1.82, 2.24) is 15.0 Å². The largest absolute Gasteiger partial charge is 0.507 e. The highest BCUT2D eigenvalue weighted by Crippen LogP contribution is 2.22. The highest BCUT2D eigenvalue weighted by Gasteiger charge is 2.03. The molecule has 0 aliphatic carbocycles. The molecule has 0 bridgehead atoms. The van der Waals surface area contributed by atoms with Crippen LogP contribution in [0.5, 0.6) is 5.75 Å². The standard InChI is InChI=1S/C16H16N4O/c1-12-3-2-4-13(16(12)21)11-17-14-5-7-15(8-6-14)20-18-9-10-19-20/h2-10,17,21H,11H2,1H3. The van der Waals surface area contributed by atoms with Crippen LogP contribution in [0.15, 0.2) is 54.9 Å². The van der Waals surface area contributed by atoms with Gasteiger partial charge in [-0.1, -0.05) is 18.2 Å². The number of aromatic hydroxyl groups is 1. The highest BCUT2D eigenvalue weighted by atomic mass is 16.3. The van der Waals surface area contributed by atoms with Crippen LogP contribution in [0.25, 0.3) is 5.69 Å². The summed E-state index contributed by atoms with van der Waals surface area (Å²) in [5.74, 6) is 0.349. The number of aryl methyl sites for hydroxylation is 1. The molecule has 1 aromatic heterocycles. The van der Waals surface area contributed by atoms with Gasteiger partial charge < -0.3 is 10.4 Å². The summed E-state index contributed by atoms with van der Waals surface area (Å²) in [4.78, 5) is 1.57. The number of rotatable bonds is 4. The molecule has 21 heavy (non-hydrogen) atoms. The second-order valence-electron chi connectivity index (χ2n) is 4.80. The first-order valence-corrected chi connectivity index (χ1v) is 6.72. The van der Waals surface area contributed by atoms with E-state index in [9.17, 15) is 5.11 Å². The molecule has 106 valence electrons. The minimum Gasteiger partial charge on any atom is -0.507 e. The van der Waals surface area contributed by atoms with Gasteiger partial charge in [-0.05, 0) is 36.8 Å². The molecule has 2 N–H and O–H groups in total. The average molecular weight is 280 g/mol. The number of phenols is 1. The van der Waals surface area contributed by atoms with Crippen molar-refractivity contribution in [3.63, 3.8) is 0 Å². The Labute approximate surface area is 122 Å². The molecular formula is C16H16N4O. The van der Waals surface area contributed by atoms with Gasteiger partial charge in [0.1, 0.15) is 5.75 Å². The van der Waals surface area contributed by atoms with Crippen LogP contribution in [0.4, 0.5) is 5.69 Å². The predicted octanol–water partition coefficient (Wildman–Crippen LogP) is 2.89. The van der Waals surface area contributed by atoms with E-state index in [1.165, 1.54) is 0 Å². The van der Waals surface area contributed by atoms with Crippen molar-refractivity contribution in [1.29, 1.82) is 0 Å². The maximum Gasteiger partial charge on any atom is 0.123 e. The van der Waals surface area contributed by atoms with Crippen LogP contribution in [0.1, 0.15) is 11.1 Å². The molecule has 3 rings (SSSR count). The summed E-state index contributed by atoms with van der Waals surface area (Å²) < 4.78 is 0. The first-order valence-electron chi connectivity index (χ1n) is 6.72. The van der Waals surface area contributed by atoms with E-state index in [1.807, 2.05) is 49.4 Å². The summed E-state index contributed by atoms with van der Waals surface area (Å²) >= 11 is 0. The lowest BCUT2D eigenvalue weighted by molar-refractivity contribution is 0.465. The first-order chi connectivity index (χ1) is 10.2. The Morgan fingerprint density at radius 3 is 2.48 bits per heavy atom. The molecule has 5 heteroatoms. The van der Waals surface area contributed by atoms with Crippen LogP contribution in [-0.2, 0) is 6.54 Å². The number of nitrogens with one attached hydrogen (secondary N) is 1. The molecule has 5 nitrogen and oxygen atoms in total. The monoisotopic (exact) mass is 280 g/mol. The first kappa shape index (κ1) is 13.2. The lowest BCUT2D eigenvalue weighted by Crippen LogP contribution is -2.02. The highest BCUT2D eigenvalue weighted by molar-refractivity contribution is 5.50. The minimum absolute atomic E-state index is 0.349. The zero-order valence-electron chi connectivity index (χ0n) is 11.7.